The van der Waals surface area contributed by atoms with Crippen LogP contribution in [0.15, 0.2) is 47.6 Å². The number of carbonyl (C=O) groups excluding carboxylic acids is 1. The topological polar surface area (TPSA) is 77.8 Å². The Bertz CT molecular complexity index is 965. The van der Waals surface area contributed by atoms with Crippen molar-refractivity contribution in [2.45, 2.75) is 123 Å². The molecule has 4 aliphatic carbocycles. The van der Waals surface area contributed by atoms with Gasteiger partial charge in [0.1, 0.15) is 5.78 Å². The van der Waals surface area contributed by atoms with Crippen molar-refractivity contribution in [3.63, 3.8) is 0 Å². The lowest BCUT2D eigenvalue weighted by Crippen LogP contribution is -2.39. The number of aliphatic hydroxyl groups excluding tert-OH is 3. The molecule has 4 fully saturated rings. The molecule has 0 aromatic heterocycles. The Morgan fingerprint density at radius 2 is 1.92 bits per heavy atom. The van der Waals surface area contributed by atoms with Crippen molar-refractivity contribution in [2.75, 3.05) is 0 Å². The van der Waals surface area contributed by atoms with E-state index in [9.17, 15) is 20.1 Å². The average Bonchev–Trinajstić information content (AvgIpc) is 3.58. The molecule has 0 spiro atoms. The Kier molecular flexibility index (Phi) is 8.43. The first kappa shape index (κ1) is 28.5. The minimum Gasteiger partial charge on any atom is -0.393 e. The minimum absolute atomic E-state index is 0.0696. The van der Waals surface area contributed by atoms with Gasteiger partial charge in [0.25, 0.3) is 0 Å². The highest BCUT2D eigenvalue weighted by Crippen LogP contribution is 2.62. The molecule has 4 saturated carbocycles. The number of allylic oxidation sites excluding steroid dienone is 4. The number of Topliss-reactive ketones (excluding diaryl/α,β-unsaturated/α-hetero) is 1. The molecule has 0 radical (unpaired) electrons. The van der Waals surface area contributed by atoms with Crippen molar-refractivity contribution in [1.82, 2.24) is 0 Å². The molecule has 4 rings (SSSR count). The van der Waals surface area contributed by atoms with Gasteiger partial charge < -0.3 is 15.3 Å². The highest BCUT2D eigenvalue weighted by atomic mass is 16.3. The third-order valence-corrected chi connectivity index (χ3v) is 10.5. The van der Waals surface area contributed by atoms with Gasteiger partial charge in [0.2, 0.25) is 0 Å². The molecule has 0 aromatic carbocycles. The molecule has 0 aromatic rings. The van der Waals surface area contributed by atoms with Crippen LogP contribution in [0.25, 0.3) is 0 Å². The molecular formula is C33H50O4. The zero-order chi connectivity index (χ0) is 27.0. The van der Waals surface area contributed by atoms with E-state index in [0.29, 0.717) is 31.1 Å². The van der Waals surface area contributed by atoms with E-state index in [1.54, 1.807) is 0 Å². The number of aliphatic hydroxyl groups is 3. The van der Waals surface area contributed by atoms with Gasteiger partial charge in [-0.2, -0.15) is 0 Å². The predicted octanol–water partition coefficient (Wildman–Crippen LogP) is 6.61. The number of hydrogen-bond donors (Lipinski definition) is 3. The highest BCUT2D eigenvalue weighted by Gasteiger charge is 2.55. The largest absolute Gasteiger partial charge is 0.393 e. The lowest BCUT2D eigenvalue weighted by molar-refractivity contribution is -0.127. The standard InChI is InChI=1S/C33H50O4/c1-6-7-10-29(36)33(18-19-33)30(37)15-17-31(3,4)28-14-13-26-23(9-8-16-32(26,28)5)11-12-24-20-25(34)21-27(35)22(24)2/h11-12,15,17,25-28,30,34-35,37H,2,6-10,13-14,16,18-21H2,1,3-5H3/t25-,26+,27+,28-,30-,32+/m1/s1. The third kappa shape index (κ3) is 5.63. The summed E-state index contributed by atoms with van der Waals surface area (Å²) in [6.45, 7) is 13.3. The molecule has 37 heavy (non-hydrogen) atoms. The summed E-state index contributed by atoms with van der Waals surface area (Å²) in [6.07, 6.45) is 17.6. The smallest absolute Gasteiger partial charge is 0.141 e. The first-order chi connectivity index (χ1) is 17.4. The molecule has 206 valence electrons. The SMILES string of the molecule is C=C1C(=CC=C2CCC[C@]3(C)[C@@H](C(C)(C)C=C[C@@H](O)C4(C(=O)CCCC)CC4)CC[C@@H]23)C[C@@H](O)C[C@@H]1O. The Balaban J connectivity index is 1.48. The monoisotopic (exact) mass is 510 g/mol. The van der Waals surface area contributed by atoms with Crippen molar-refractivity contribution in [1.29, 1.82) is 0 Å². The van der Waals surface area contributed by atoms with Crippen LogP contribution in [0, 0.1) is 28.1 Å². The van der Waals surface area contributed by atoms with Crippen LogP contribution in [0.4, 0.5) is 0 Å². The number of ketones is 1. The quantitative estimate of drug-likeness (QED) is 0.305. The normalized spacial score (nSPS) is 36.8. The third-order valence-electron chi connectivity index (χ3n) is 10.5. The first-order valence-electron chi connectivity index (χ1n) is 14.8. The fraction of sp³-hybridized carbons (Fsp3) is 0.727. The van der Waals surface area contributed by atoms with Gasteiger partial charge in [-0.15, -0.1) is 0 Å². The zero-order valence-electron chi connectivity index (χ0n) is 23.6. The zero-order valence-corrected chi connectivity index (χ0v) is 23.6. The summed E-state index contributed by atoms with van der Waals surface area (Å²) in [7, 11) is 0. The van der Waals surface area contributed by atoms with E-state index in [0.717, 1.165) is 49.7 Å². The summed E-state index contributed by atoms with van der Waals surface area (Å²) < 4.78 is 0. The summed E-state index contributed by atoms with van der Waals surface area (Å²) in [5.74, 6) is 1.27. The molecule has 0 unspecified atom stereocenters. The predicted molar refractivity (Wildman–Crippen MR) is 150 cm³/mol. The minimum atomic E-state index is -0.677. The van der Waals surface area contributed by atoms with Gasteiger partial charge in [0.15, 0.2) is 0 Å². The molecule has 6 atom stereocenters. The molecule has 0 aliphatic heterocycles. The van der Waals surface area contributed by atoms with Gasteiger partial charge >= 0.3 is 0 Å². The molecule has 4 aliphatic rings. The number of unbranched alkanes of at least 4 members (excludes halogenated alkanes) is 1. The van der Waals surface area contributed by atoms with Gasteiger partial charge in [0, 0.05) is 12.8 Å². The molecule has 0 bridgehead atoms. The maximum absolute atomic E-state index is 12.8. The second-order valence-corrected chi connectivity index (χ2v) is 13.4. The fourth-order valence-electron chi connectivity index (χ4n) is 8.03. The van der Waals surface area contributed by atoms with Crippen molar-refractivity contribution in [3.05, 3.63) is 47.6 Å². The average molecular weight is 511 g/mol. The summed E-state index contributed by atoms with van der Waals surface area (Å²) in [5, 5.41) is 31.4. The Labute approximate surface area is 224 Å². The van der Waals surface area contributed by atoms with E-state index in [1.165, 1.54) is 24.8 Å². The molecule has 4 heteroatoms. The van der Waals surface area contributed by atoms with Crippen LogP contribution in [0.2, 0.25) is 0 Å². The van der Waals surface area contributed by atoms with Crippen LogP contribution in [0.3, 0.4) is 0 Å². The molecule has 0 saturated heterocycles. The van der Waals surface area contributed by atoms with E-state index in [-0.39, 0.29) is 16.6 Å². The molecule has 4 nitrogen and oxygen atoms in total. The summed E-state index contributed by atoms with van der Waals surface area (Å²) in [4.78, 5) is 12.8. The number of fused-ring (bicyclic) bond motifs is 1. The van der Waals surface area contributed by atoms with Crippen LogP contribution >= 0.6 is 0 Å². The number of rotatable bonds is 9. The van der Waals surface area contributed by atoms with Crippen molar-refractivity contribution in [3.8, 4) is 0 Å². The first-order valence-corrected chi connectivity index (χ1v) is 14.8. The van der Waals surface area contributed by atoms with Gasteiger partial charge in [-0.1, -0.05) is 70.6 Å². The Hall–Kier alpha value is -1.49. The second kappa shape index (κ2) is 10.9. The summed E-state index contributed by atoms with van der Waals surface area (Å²) in [6, 6.07) is 0. The highest BCUT2D eigenvalue weighted by molar-refractivity contribution is 5.88. The molecule has 0 amide bonds. The van der Waals surface area contributed by atoms with Gasteiger partial charge in [0.05, 0.1) is 23.7 Å². The summed E-state index contributed by atoms with van der Waals surface area (Å²) in [5.41, 5.74) is 2.81. The van der Waals surface area contributed by atoms with Crippen molar-refractivity contribution >= 4 is 5.78 Å². The maximum Gasteiger partial charge on any atom is 0.141 e. The van der Waals surface area contributed by atoms with Crippen LogP contribution in [0.1, 0.15) is 105 Å². The second-order valence-electron chi connectivity index (χ2n) is 13.4. The fourth-order valence-corrected chi connectivity index (χ4v) is 8.03. The van der Waals surface area contributed by atoms with E-state index in [1.807, 2.05) is 6.08 Å². The molecule has 3 N–H and O–H groups in total. The number of carbonyl (C=O) groups is 1. The molecular weight excluding hydrogens is 460 g/mol. The van der Waals surface area contributed by atoms with Crippen LogP contribution in [-0.4, -0.2) is 39.4 Å². The molecule has 0 heterocycles. The number of hydrogen-bond acceptors (Lipinski definition) is 4. The maximum atomic E-state index is 12.8. The van der Waals surface area contributed by atoms with Crippen LogP contribution in [-0.2, 0) is 4.79 Å². The van der Waals surface area contributed by atoms with Crippen LogP contribution < -0.4 is 0 Å². The Morgan fingerprint density at radius 3 is 2.59 bits per heavy atom. The van der Waals surface area contributed by atoms with E-state index >= 15 is 0 Å². The van der Waals surface area contributed by atoms with Gasteiger partial charge in [-0.05, 0) is 91.6 Å². The van der Waals surface area contributed by atoms with Crippen molar-refractivity contribution < 1.29 is 20.1 Å². The lowest BCUT2D eigenvalue weighted by atomic mass is 9.57. The Morgan fingerprint density at radius 1 is 1.19 bits per heavy atom. The van der Waals surface area contributed by atoms with Gasteiger partial charge in [-0.25, -0.2) is 0 Å². The van der Waals surface area contributed by atoms with E-state index in [2.05, 4.69) is 52.5 Å². The van der Waals surface area contributed by atoms with Crippen LogP contribution in [0.5, 0.6) is 0 Å². The van der Waals surface area contributed by atoms with E-state index in [4.69, 9.17) is 0 Å². The van der Waals surface area contributed by atoms with E-state index < -0.39 is 23.7 Å². The van der Waals surface area contributed by atoms with Crippen molar-refractivity contribution in [2.24, 2.45) is 28.1 Å². The summed E-state index contributed by atoms with van der Waals surface area (Å²) >= 11 is 0. The lowest BCUT2D eigenvalue weighted by Gasteiger charge is -2.47. The van der Waals surface area contributed by atoms with Gasteiger partial charge in [-0.3, -0.25) is 4.79 Å².